The number of ether oxygens (including phenoxy) is 1. The minimum atomic E-state index is -2.82. The zero-order chi connectivity index (χ0) is 28.9. The van der Waals surface area contributed by atoms with E-state index in [1.165, 1.54) is 11.1 Å². The summed E-state index contributed by atoms with van der Waals surface area (Å²) in [6.45, 7) is 6.33. The van der Waals surface area contributed by atoms with Gasteiger partial charge in [0, 0.05) is 44.6 Å². The highest BCUT2D eigenvalue weighted by atomic mass is 35.5. The molecule has 0 aromatic heterocycles. The number of nitrogens with one attached hydrogen (secondary N) is 1. The molecule has 2 bridgehead atoms. The number of halogens is 1. The standard InChI is InChI=1S/C33H43ClN2O4S/c1-21-13-22(2)18-41(3,39)35-32(38)24-7-11-31-29(16-24)36(17-25-6-9-27(25)30(37)14-21)19-33(20-40-31)12-4-5-23-15-26(34)8-10-28(23)33/h7-8,10-11,15-16,21-22,25,27,30,37H,3-6,9,12-14,17-20H2,1-2H3,(H,35,38,39)/t21-,22+,25+,27-,30-,33+,41?/m1/s1. The summed E-state index contributed by atoms with van der Waals surface area (Å²) < 4.78 is 22.7. The zero-order valence-corrected chi connectivity index (χ0v) is 25.8. The van der Waals surface area contributed by atoms with E-state index in [0.717, 1.165) is 74.5 Å². The molecule has 1 spiro atoms. The number of hydrogen-bond acceptors (Lipinski definition) is 5. The molecule has 41 heavy (non-hydrogen) atoms. The molecule has 7 atom stereocenters. The number of fused-ring (bicyclic) bond motifs is 4. The Hall–Kier alpha value is -2.22. The summed E-state index contributed by atoms with van der Waals surface area (Å²) in [7, 11) is -2.82. The third kappa shape index (κ3) is 5.87. The zero-order valence-electron chi connectivity index (χ0n) is 24.2. The molecule has 2 aliphatic heterocycles. The van der Waals surface area contributed by atoms with Gasteiger partial charge in [0.05, 0.1) is 18.4 Å². The molecule has 1 saturated carbocycles. The largest absolute Gasteiger partial charge is 0.490 e. The summed E-state index contributed by atoms with van der Waals surface area (Å²) in [5.74, 6) is 5.65. The van der Waals surface area contributed by atoms with Crippen LogP contribution in [0.1, 0.15) is 73.9 Å². The Balaban J connectivity index is 1.41. The van der Waals surface area contributed by atoms with Gasteiger partial charge in [-0.15, -0.1) is 0 Å². The second kappa shape index (κ2) is 11.1. The van der Waals surface area contributed by atoms with Crippen molar-refractivity contribution in [1.29, 1.82) is 0 Å². The Morgan fingerprint density at radius 2 is 1.98 bits per heavy atom. The van der Waals surface area contributed by atoms with E-state index in [2.05, 4.69) is 41.5 Å². The van der Waals surface area contributed by atoms with Crippen LogP contribution < -0.4 is 14.4 Å². The first-order valence-corrected chi connectivity index (χ1v) is 17.5. The Kier molecular flexibility index (Phi) is 7.84. The van der Waals surface area contributed by atoms with E-state index >= 15 is 0 Å². The maximum absolute atomic E-state index is 13.4. The van der Waals surface area contributed by atoms with E-state index < -0.39 is 9.71 Å². The van der Waals surface area contributed by atoms with Crippen LogP contribution >= 0.6 is 11.6 Å². The van der Waals surface area contributed by atoms with Crippen LogP contribution in [0.15, 0.2) is 36.4 Å². The third-order valence-electron chi connectivity index (χ3n) is 10.0. The fourth-order valence-corrected chi connectivity index (χ4v) is 9.82. The maximum atomic E-state index is 13.4. The van der Waals surface area contributed by atoms with E-state index in [1.807, 2.05) is 18.2 Å². The molecule has 0 radical (unpaired) electrons. The predicted octanol–water partition coefficient (Wildman–Crippen LogP) is 5.63. The SMILES string of the molecule is C=S1(=O)C[C@@H](C)C[C@@H](C)C[C@@H](O)[C@@H]2CC[C@H]2CN2C[C@@]3(CCCc4cc(Cl)ccc43)COc3ccc(cc32)C(=O)N1. The number of aliphatic hydroxyl groups is 1. The molecule has 2 N–H and O–H groups in total. The fraction of sp³-hybridized carbons (Fsp3) is 0.576. The molecule has 2 heterocycles. The van der Waals surface area contributed by atoms with Gasteiger partial charge in [-0.3, -0.25) is 9.52 Å². The molecule has 1 amide bonds. The van der Waals surface area contributed by atoms with Crippen LogP contribution in [-0.4, -0.2) is 52.6 Å². The molecular formula is C33H43ClN2O4S. The van der Waals surface area contributed by atoms with Crippen LogP contribution in [0.4, 0.5) is 5.69 Å². The first kappa shape index (κ1) is 28.9. The smallest absolute Gasteiger partial charge is 0.262 e. The first-order chi connectivity index (χ1) is 19.5. The van der Waals surface area contributed by atoms with Crippen LogP contribution in [0.2, 0.25) is 5.02 Å². The Morgan fingerprint density at radius 3 is 2.76 bits per heavy atom. The van der Waals surface area contributed by atoms with Crippen molar-refractivity contribution in [1.82, 2.24) is 4.72 Å². The number of aryl methyl sites for hydroxylation is 1. The third-order valence-corrected chi connectivity index (χ3v) is 11.9. The molecule has 0 saturated heterocycles. The molecule has 2 aliphatic carbocycles. The van der Waals surface area contributed by atoms with Crippen molar-refractivity contribution in [2.24, 2.45) is 23.7 Å². The Bertz CT molecular complexity index is 1430. The Labute approximate surface area is 249 Å². The first-order valence-electron chi connectivity index (χ1n) is 15.2. The summed E-state index contributed by atoms with van der Waals surface area (Å²) in [6.07, 6.45) is 6.42. The number of amides is 1. The van der Waals surface area contributed by atoms with Gasteiger partial charge in [-0.2, -0.15) is 0 Å². The number of benzene rings is 2. The average Bonchev–Trinajstić information content (AvgIpc) is 3.02. The molecule has 1 unspecified atom stereocenters. The van der Waals surface area contributed by atoms with Crippen LogP contribution in [0.5, 0.6) is 5.75 Å². The monoisotopic (exact) mass is 598 g/mol. The van der Waals surface area contributed by atoms with Crippen molar-refractivity contribution in [3.8, 4) is 5.75 Å². The molecule has 6 nitrogen and oxygen atoms in total. The van der Waals surface area contributed by atoms with Crippen LogP contribution in [0.3, 0.4) is 0 Å². The van der Waals surface area contributed by atoms with E-state index in [0.29, 0.717) is 29.8 Å². The molecule has 6 rings (SSSR count). The molecule has 8 heteroatoms. The summed E-state index contributed by atoms with van der Waals surface area (Å²) in [4.78, 5) is 15.8. The van der Waals surface area contributed by atoms with Crippen molar-refractivity contribution in [2.75, 3.05) is 30.3 Å². The van der Waals surface area contributed by atoms with Crippen molar-refractivity contribution in [2.45, 2.75) is 70.3 Å². The lowest BCUT2D eigenvalue weighted by Crippen LogP contribution is -2.49. The van der Waals surface area contributed by atoms with Gasteiger partial charge >= 0.3 is 0 Å². The van der Waals surface area contributed by atoms with Gasteiger partial charge in [0.2, 0.25) is 0 Å². The summed E-state index contributed by atoms with van der Waals surface area (Å²) in [5.41, 5.74) is 3.73. The highest BCUT2D eigenvalue weighted by Gasteiger charge is 2.44. The highest BCUT2D eigenvalue weighted by molar-refractivity contribution is 7.99. The molecular weight excluding hydrogens is 556 g/mol. The second-order valence-corrected chi connectivity index (χ2v) is 16.0. The van der Waals surface area contributed by atoms with E-state index in [4.69, 9.17) is 16.3 Å². The molecule has 222 valence electrons. The van der Waals surface area contributed by atoms with Gasteiger partial charge in [-0.1, -0.05) is 31.5 Å². The predicted molar refractivity (Wildman–Crippen MR) is 168 cm³/mol. The number of hydrogen-bond donors (Lipinski definition) is 2. The van der Waals surface area contributed by atoms with Crippen LogP contribution in [0.25, 0.3) is 0 Å². The van der Waals surface area contributed by atoms with Crippen molar-refractivity contribution in [3.05, 3.63) is 58.1 Å². The molecule has 4 aliphatic rings. The number of carbonyl (C=O) groups excluding carboxylic acids is 1. The maximum Gasteiger partial charge on any atom is 0.262 e. The minimum Gasteiger partial charge on any atom is -0.490 e. The fourth-order valence-electron chi connectivity index (χ4n) is 8.03. The van der Waals surface area contributed by atoms with Gasteiger partial charge in [0.15, 0.2) is 0 Å². The molecule has 2 aromatic rings. The number of anilines is 1. The number of carbonyl (C=O) groups is 1. The summed E-state index contributed by atoms with van der Waals surface area (Å²) >= 11 is 6.40. The van der Waals surface area contributed by atoms with Crippen molar-refractivity contribution < 1.29 is 18.8 Å². The molecule has 2 aromatic carbocycles. The van der Waals surface area contributed by atoms with Gasteiger partial charge in [0.1, 0.15) is 5.75 Å². The van der Waals surface area contributed by atoms with Gasteiger partial charge in [-0.05, 0) is 116 Å². The van der Waals surface area contributed by atoms with Crippen molar-refractivity contribution >= 4 is 38.8 Å². The topological polar surface area (TPSA) is 78.9 Å². The van der Waals surface area contributed by atoms with Crippen molar-refractivity contribution in [3.63, 3.8) is 0 Å². The van der Waals surface area contributed by atoms with Gasteiger partial charge in [-0.25, -0.2) is 4.21 Å². The summed E-state index contributed by atoms with van der Waals surface area (Å²) in [6, 6.07) is 11.8. The number of aliphatic hydroxyl groups excluding tert-OH is 1. The molecule has 1 fully saturated rings. The number of rotatable bonds is 0. The van der Waals surface area contributed by atoms with E-state index in [9.17, 15) is 14.1 Å². The van der Waals surface area contributed by atoms with Gasteiger partial charge < -0.3 is 14.7 Å². The van der Waals surface area contributed by atoms with Crippen LogP contribution in [0, 0.1) is 23.7 Å². The van der Waals surface area contributed by atoms with Gasteiger partial charge in [0.25, 0.3) is 5.91 Å². The lowest BCUT2D eigenvalue weighted by molar-refractivity contribution is 0.000594. The quantitative estimate of drug-likeness (QED) is 0.385. The van der Waals surface area contributed by atoms with E-state index in [-0.39, 0.29) is 29.3 Å². The normalized spacial score (nSPS) is 35.8. The highest BCUT2D eigenvalue weighted by Crippen LogP contribution is 2.47. The lowest BCUT2D eigenvalue weighted by atomic mass is 9.67. The number of nitrogens with zero attached hydrogens (tertiary/aromatic N) is 1. The van der Waals surface area contributed by atoms with Crippen LogP contribution in [-0.2, 0) is 21.5 Å². The summed E-state index contributed by atoms with van der Waals surface area (Å²) in [5, 5.41) is 12.1. The second-order valence-electron chi connectivity index (χ2n) is 13.4. The average molecular weight is 599 g/mol. The lowest BCUT2D eigenvalue weighted by Gasteiger charge is -2.46. The minimum absolute atomic E-state index is 0.118. The van der Waals surface area contributed by atoms with E-state index in [1.54, 1.807) is 6.07 Å². The Morgan fingerprint density at radius 1 is 1.15 bits per heavy atom.